The van der Waals surface area contributed by atoms with Crippen LogP contribution in [0.2, 0.25) is 0 Å². The second-order valence-electron chi connectivity index (χ2n) is 3.26. The Morgan fingerprint density at radius 2 is 2.00 bits per heavy atom. The molecule has 3 heteroatoms. The van der Waals surface area contributed by atoms with Crippen molar-refractivity contribution in [1.82, 2.24) is 9.97 Å². The van der Waals surface area contributed by atoms with Gasteiger partial charge in [0.15, 0.2) is 0 Å². The summed E-state index contributed by atoms with van der Waals surface area (Å²) in [6.45, 7) is 2.08. The third-order valence-electron chi connectivity index (χ3n) is 2.21. The van der Waals surface area contributed by atoms with Crippen LogP contribution in [0, 0.1) is 6.92 Å². The molecular formula is C11H12N3+. The Labute approximate surface area is 83.1 Å². The van der Waals surface area contributed by atoms with Gasteiger partial charge in [-0.25, -0.2) is 4.57 Å². The lowest BCUT2D eigenvalue weighted by Crippen LogP contribution is -2.32. The number of nitrogens with zero attached hydrogens (tertiary/aromatic N) is 3. The third-order valence-corrected chi connectivity index (χ3v) is 2.21. The molecule has 0 saturated carbocycles. The molecule has 2 rings (SSSR count). The first-order valence-electron chi connectivity index (χ1n) is 4.50. The molecule has 0 atom stereocenters. The molecule has 0 aliphatic heterocycles. The molecule has 0 N–H and O–H groups in total. The van der Waals surface area contributed by atoms with Gasteiger partial charge in [0, 0.05) is 0 Å². The van der Waals surface area contributed by atoms with Crippen LogP contribution in [0.25, 0.3) is 11.4 Å². The SMILES string of the molecule is Cc1ccccc1-c1ncnc[n+]1C. The Kier molecular flexibility index (Phi) is 2.23. The molecular weight excluding hydrogens is 174 g/mol. The highest BCUT2D eigenvalue weighted by Gasteiger charge is 2.10. The predicted molar refractivity (Wildman–Crippen MR) is 53.4 cm³/mol. The minimum Gasteiger partial charge on any atom is -0.236 e. The largest absolute Gasteiger partial charge is 0.273 e. The minimum atomic E-state index is 0.943. The number of hydrogen-bond donors (Lipinski definition) is 0. The highest BCUT2D eigenvalue weighted by molar-refractivity contribution is 5.56. The molecule has 0 amide bonds. The second-order valence-corrected chi connectivity index (χ2v) is 3.26. The zero-order chi connectivity index (χ0) is 9.97. The Bertz CT molecular complexity index is 408. The fraction of sp³-hybridized carbons (Fsp3) is 0.182. The molecule has 0 radical (unpaired) electrons. The van der Waals surface area contributed by atoms with Crippen LogP contribution >= 0.6 is 0 Å². The molecule has 0 unspecified atom stereocenters. The van der Waals surface area contributed by atoms with Crippen molar-refractivity contribution in [2.45, 2.75) is 6.92 Å². The quantitative estimate of drug-likeness (QED) is 0.628. The number of benzene rings is 1. The minimum absolute atomic E-state index is 0.943. The zero-order valence-electron chi connectivity index (χ0n) is 8.31. The van der Waals surface area contributed by atoms with E-state index in [1.54, 1.807) is 12.7 Å². The van der Waals surface area contributed by atoms with Crippen molar-refractivity contribution in [3.8, 4) is 11.4 Å². The van der Waals surface area contributed by atoms with Crippen molar-refractivity contribution in [3.63, 3.8) is 0 Å². The molecule has 2 aromatic rings. The third kappa shape index (κ3) is 1.48. The monoisotopic (exact) mass is 186 g/mol. The zero-order valence-corrected chi connectivity index (χ0v) is 8.31. The molecule has 0 saturated heterocycles. The standard InChI is InChI=1S/C11H12N3/c1-9-5-3-4-6-10(9)11-13-7-12-8-14(11)2/h3-8H,1-2H3/q+1. The molecule has 14 heavy (non-hydrogen) atoms. The van der Waals surface area contributed by atoms with Gasteiger partial charge < -0.3 is 0 Å². The average molecular weight is 186 g/mol. The molecule has 1 heterocycles. The van der Waals surface area contributed by atoms with E-state index in [1.807, 2.05) is 23.7 Å². The fourth-order valence-corrected chi connectivity index (χ4v) is 1.45. The maximum Gasteiger partial charge on any atom is 0.273 e. The molecule has 0 aliphatic carbocycles. The van der Waals surface area contributed by atoms with Crippen molar-refractivity contribution in [2.24, 2.45) is 7.05 Å². The van der Waals surface area contributed by atoms with E-state index in [4.69, 9.17) is 0 Å². The van der Waals surface area contributed by atoms with Gasteiger partial charge in [0.2, 0.25) is 6.33 Å². The summed E-state index contributed by atoms with van der Waals surface area (Å²) in [5, 5.41) is 0. The van der Waals surface area contributed by atoms with Crippen LogP contribution < -0.4 is 4.57 Å². The second kappa shape index (κ2) is 3.54. The van der Waals surface area contributed by atoms with Crippen LogP contribution in [0.4, 0.5) is 0 Å². The van der Waals surface area contributed by atoms with Gasteiger partial charge in [-0.15, -0.1) is 0 Å². The molecule has 0 fully saturated rings. The highest BCUT2D eigenvalue weighted by Crippen LogP contribution is 2.16. The first-order valence-corrected chi connectivity index (χ1v) is 4.50. The van der Waals surface area contributed by atoms with Crippen LogP contribution in [0.5, 0.6) is 0 Å². The van der Waals surface area contributed by atoms with Crippen molar-refractivity contribution in [1.29, 1.82) is 0 Å². The van der Waals surface area contributed by atoms with Gasteiger partial charge >= 0.3 is 0 Å². The van der Waals surface area contributed by atoms with Gasteiger partial charge in [-0.2, -0.15) is 0 Å². The van der Waals surface area contributed by atoms with E-state index in [9.17, 15) is 0 Å². The average Bonchev–Trinajstić information content (AvgIpc) is 2.20. The summed E-state index contributed by atoms with van der Waals surface area (Å²) in [6, 6.07) is 8.19. The van der Waals surface area contributed by atoms with Crippen LogP contribution in [-0.2, 0) is 7.05 Å². The maximum atomic E-state index is 4.26. The van der Waals surface area contributed by atoms with E-state index < -0.39 is 0 Å². The van der Waals surface area contributed by atoms with Gasteiger partial charge in [-0.1, -0.05) is 28.2 Å². The smallest absolute Gasteiger partial charge is 0.236 e. The normalized spacial score (nSPS) is 10.1. The fourth-order valence-electron chi connectivity index (χ4n) is 1.45. The first-order chi connectivity index (χ1) is 6.79. The van der Waals surface area contributed by atoms with Crippen molar-refractivity contribution >= 4 is 0 Å². The topological polar surface area (TPSA) is 29.7 Å². The molecule has 70 valence electrons. The summed E-state index contributed by atoms with van der Waals surface area (Å²) in [5.74, 6) is 0.943. The van der Waals surface area contributed by atoms with Crippen molar-refractivity contribution in [2.75, 3.05) is 0 Å². The molecule has 3 nitrogen and oxygen atoms in total. The Morgan fingerprint density at radius 1 is 1.21 bits per heavy atom. The van der Waals surface area contributed by atoms with Gasteiger partial charge in [0.1, 0.15) is 0 Å². The van der Waals surface area contributed by atoms with Gasteiger partial charge in [-0.3, -0.25) is 0 Å². The highest BCUT2D eigenvalue weighted by atomic mass is 15.1. The lowest BCUT2D eigenvalue weighted by molar-refractivity contribution is -0.666. The van der Waals surface area contributed by atoms with Crippen LogP contribution in [0.1, 0.15) is 5.56 Å². The van der Waals surface area contributed by atoms with Crippen molar-refractivity contribution < 1.29 is 4.57 Å². The molecule has 1 aromatic heterocycles. The number of rotatable bonds is 1. The lowest BCUT2D eigenvalue weighted by Gasteiger charge is -2.01. The Morgan fingerprint density at radius 3 is 2.71 bits per heavy atom. The van der Waals surface area contributed by atoms with Crippen LogP contribution in [0.3, 0.4) is 0 Å². The molecule has 0 aliphatic rings. The molecule has 0 spiro atoms. The number of aryl methyl sites for hydroxylation is 2. The summed E-state index contributed by atoms with van der Waals surface area (Å²) in [4.78, 5) is 8.21. The van der Waals surface area contributed by atoms with E-state index in [0.29, 0.717) is 0 Å². The van der Waals surface area contributed by atoms with Crippen molar-refractivity contribution in [3.05, 3.63) is 42.5 Å². The maximum absolute atomic E-state index is 4.26. The predicted octanol–water partition coefficient (Wildman–Crippen LogP) is 1.28. The van der Waals surface area contributed by atoms with Gasteiger partial charge in [0.25, 0.3) is 12.2 Å². The Hall–Kier alpha value is -1.77. The van der Waals surface area contributed by atoms with E-state index in [0.717, 1.165) is 11.4 Å². The van der Waals surface area contributed by atoms with E-state index >= 15 is 0 Å². The summed E-state index contributed by atoms with van der Waals surface area (Å²) in [7, 11) is 1.95. The lowest BCUT2D eigenvalue weighted by atomic mass is 10.1. The summed E-state index contributed by atoms with van der Waals surface area (Å²) >= 11 is 0. The summed E-state index contributed by atoms with van der Waals surface area (Å²) < 4.78 is 1.92. The number of aromatic nitrogens is 3. The van der Waals surface area contributed by atoms with E-state index in [2.05, 4.69) is 29.0 Å². The Balaban J connectivity index is 2.61. The summed E-state index contributed by atoms with van der Waals surface area (Å²) in [6.07, 6.45) is 3.33. The van der Waals surface area contributed by atoms with E-state index in [1.165, 1.54) is 5.56 Å². The van der Waals surface area contributed by atoms with Crippen LogP contribution in [-0.4, -0.2) is 9.97 Å². The molecule has 0 bridgehead atoms. The van der Waals surface area contributed by atoms with Gasteiger partial charge in [-0.05, 0) is 18.6 Å². The first kappa shape index (κ1) is 8.81. The van der Waals surface area contributed by atoms with Crippen LogP contribution in [0.15, 0.2) is 36.9 Å². The van der Waals surface area contributed by atoms with Gasteiger partial charge in [0.05, 0.1) is 12.6 Å². The summed E-state index contributed by atoms with van der Waals surface area (Å²) in [5.41, 5.74) is 2.37. The molecule has 1 aromatic carbocycles. The van der Waals surface area contributed by atoms with E-state index in [-0.39, 0.29) is 0 Å². The number of hydrogen-bond acceptors (Lipinski definition) is 2.